The first-order valence-corrected chi connectivity index (χ1v) is 17.3. The Balaban J connectivity index is 1.05. The van der Waals surface area contributed by atoms with Gasteiger partial charge in [0.15, 0.2) is 11.3 Å². The van der Waals surface area contributed by atoms with Crippen LogP contribution in [-0.4, -0.2) is 58.8 Å². The molecule has 0 spiro atoms. The highest BCUT2D eigenvalue weighted by atomic mass is 32.2. The topological polar surface area (TPSA) is 209 Å². The van der Waals surface area contributed by atoms with Crippen molar-refractivity contribution in [1.82, 2.24) is 39.9 Å². The summed E-state index contributed by atoms with van der Waals surface area (Å²) in [6.45, 7) is 0. The summed E-state index contributed by atoms with van der Waals surface area (Å²) < 4.78 is 28.0. The van der Waals surface area contributed by atoms with Gasteiger partial charge in [0, 0.05) is 11.4 Å². The number of nitrogens with zero attached hydrogens (tertiary/aromatic N) is 8. The third kappa shape index (κ3) is 6.99. The maximum absolute atomic E-state index is 13.7. The average Bonchev–Trinajstić information content (AvgIpc) is 3.79. The van der Waals surface area contributed by atoms with Gasteiger partial charge in [0.2, 0.25) is 5.91 Å². The van der Waals surface area contributed by atoms with Crippen molar-refractivity contribution in [3.63, 3.8) is 0 Å². The van der Waals surface area contributed by atoms with E-state index in [4.69, 9.17) is 0 Å². The quantitative estimate of drug-likeness (QED) is 0.0527. The van der Waals surface area contributed by atoms with Crippen LogP contribution in [0, 0.1) is 0 Å². The summed E-state index contributed by atoms with van der Waals surface area (Å²) in [4.78, 5) is 45.1. The summed E-state index contributed by atoms with van der Waals surface area (Å²) in [5.74, 6) is -0.388. The molecule has 0 aliphatic carbocycles. The first-order valence-electron chi connectivity index (χ1n) is 14.0. The van der Waals surface area contributed by atoms with Crippen molar-refractivity contribution < 1.29 is 13.2 Å². The van der Waals surface area contributed by atoms with Gasteiger partial charge in [-0.3, -0.25) is 9.52 Å². The Morgan fingerprint density at radius 1 is 0.667 bits per heavy atom. The van der Waals surface area contributed by atoms with Crippen LogP contribution in [0.2, 0.25) is 0 Å². The smallest absolute Gasteiger partial charge is 0.261 e. The number of azo groups is 1. The third-order valence-electron chi connectivity index (χ3n) is 6.62. The van der Waals surface area contributed by atoms with Gasteiger partial charge < -0.3 is 15.3 Å². The number of amides is 1. The Bertz CT molecular complexity index is 2270. The molecule has 0 atom stereocenters. The molecular weight excluding hydrogens is 673 g/mol. The highest BCUT2D eigenvalue weighted by molar-refractivity contribution is 8.18. The Hall–Kier alpha value is -5.72. The van der Waals surface area contributed by atoms with Crippen LogP contribution in [-0.2, 0) is 14.8 Å². The van der Waals surface area contributed by atoms with Gasteiger partial charge in [-0.25, -0.2) is 38.3 Å². The van der Waals surface area contributed by atoms with E-state index in [0.717, 1.165) is 0 Å². The maximum atomic E-state index is 13.7. The molecule has 0 unspecified atom stereocenters. The predicted molar refractivity (Wildman–Crippen MR) is 182 cm³/mol. The minimum atomic E-state index is -3.93. The molecule has 7 rings (SSSR count). The molecule has 0 saturated heterocycles. The van der Waals surface area contributed by atoms with E-state index in [2.05, 4.69) is 60.1 Å². The van der Waals surface area contributed by atoms with E-state index in [0.29, 0.717) is 55.1 Å². The minimum Gasteiger partial charge on any atom is -0.341 e. The first-order chi connectivity index (χ1) is 23.4. The normalized spacial score (nSPS) is 11.9. The van der Waals surface area contributed by atoms with Gasteiger partial charge in [-0.15, -0.1) is 0 Å². The fraction of sp³-hybridized carbons (Fsp3) is 0.0333. The second-order valence-corrected chi connectivity index (χ2v) is 14.0. The van der Waals surface area contributed by atoms with Crippen LogP contribution >= 0.6 is 23.5 Å². The van der Waals surface area contributed by atoms with Crippen molar-refractivity contribution in [2.45, 2.75) is 19.5 Å². The fourth-order valence-electron chi connectivity index (χ4n) is 4.34. The summed E-state index contributed by atoms with van der Waals surface area (Å²) in [7, 11) is -3.93. The lowest BCUT2D eigenvalue weighted by Gasteiger charge is -2.16. The second-order valence-electron chi connectivity index (χ2n) is 9.83. The number of hydrogen-bond donors (Lipinski definition) is 4. The zero-order valence-corrected chi connectivity index (χ0v) is 26.9. The Morgan fingerprint density at radius 3 is 1.79 bits per heavy atom. The molecule has 3 aromatic carbocycles. The molecule has 7 aromatic rings. The SMILES string of the molecule is O=C(Nc1ccc(S(=O)(=O)Nc2ccc(N=Nc3ccccc3)cc2)cc1)C(Sc1ncnc2nc[nH]c12)Sc1ncnc2nc[nH]c12. The van der Waals surface area contributed by atoms with Crippen molar-refractivity contribution in [3.8, 4) is 0 Å². The van der Waals surface area contributed by atoms with Crippen molar-refractivity contribution >= 4 is 84.5 Å². The number of aromatic nitrogens is 8. The van der Waals surface area contributed by atoms with Gasteiger partial charge in [-0.2, -0.15) is 10.2 Å². The Labute approximate surface area is 280 Å². The van der Waals surface area contributed by atoms with E-state index in [9.17, 15) is 13.2 Å². The molecule has 4 N–H and O–H groups in total. The van der Waals surface area contributed by atoms with Gasteiger partial charge >= 0.3 is 0 Å². The number of sulfonamides is 1. The fourth-order valence-corrected chi connectivity index (χ4v) is 7.62. The predicted octanol–water partition coefficient (Wildman–Crippen LogP) is 6.08. The summed E-state index contributed by atoms with van der Waals surface area (Å²) >= 11 is 2.37. The highest BCUT2D eigenvalue weighted by Gasteiger charge is 2.26. The van der Waals surface area contributed by atoms with E-state index in [1.165, 1.54) is 73.1 Å². The lowest BCUT2D eigenvalue weighted by atomic mass is 10.3. The number of fused-ring (bicyclic) bond motifs is 2. The monoisotopic (exact) mass is 694 g/mol. The third-order valence-corrected chi connectivity index (χ3v) is 10.5. The average molecular weight is 695 g/mol. The molecule has 0 saturated carbocycles. The van der Waals surface area contributed by atoms with E-state index >= 15 is 0 Å². The highest BCUT2D eigenvalue weighted by Crippen LogP contribution is 2.38. The minimum absolute atomic E-state index is 0.0129. The molecule has 18 heteroatoms. The number of aromatic amines is 2. The largest absolute Gasteiger partial charge is 0.341 e. The molecule has 4 heterocycles. The number of benzene rings is 3. The molecule has 1 amide bonds. The molecule has 0 bridgehead atoms. The maximum Gasteiger partial charge on any atom is 0.261 e. The van der Waals surface area contributed by atoms with Gasteiger partial charge in [0.25, 0.3) is 10.0 Å². The van der Waals surface area contributed by atoms with Crippen molar-refractivity contribution in [1.29, 1.82) is 0 Å². The van der Waals surface area contributed by atoms with Gasteiger partial charge in [-0.1, -0.05) is 41.7 Å². The molecule has 0 fully saturated rings. The number of imidazole rings is 2. The summed E-state index contributed by atoms with van der Waals surface area (Å²) in [6, 6.07) is 21.6. The number of nitrogens with one attached hydrogen (secondary N) is 4. The van der Waals surface area contributed by atoms with Gasteiger partial charge in [0.1, 0.15) is 38.3 Å². The van der Waals surface area contributed by atoms with E-state index in [-0.39, 0.29) is 10.8 Å². The van der Waals surface area contributed by atoms with Crippen LogP contribution in [0.15, 0.2) is 129 Å². The van der Waals surface area contributed by atoms with Gasteiger partial charge in [-0.05, 0) is 60.7 Å². The summed E-state index contributed by atoms with van der Waals surface area (Å²) in [6.07, 6.45) is 5.76. The van der Waals surface area contributed by atoms with Crippen molar-refractivity contribution in [3.05, 3.63) is 104 Å². The molecule has 48 heavy (non-hydrogen) atoms. The van der Waals surface area contributed by atoms with E-state index < -0.39 is 14.6 Å². The number of carbonyl (C=O) groups excluding carboxylic acids is 1. The second kappa shape index (κ2) is 13.6. The zero-order chi connectivity index (χ0) is 32.9. The zero-order valence-electron chi connectivity index (χ0n) is 24.4. The van der Waals surface area contributed by atoms with Crippen LogP contribution in [0.5, 0.6) is 0 Å². The van der Waals surface area contributed by atoms with Crippen molar-refractivity contribution in [2.75, 3.05) is 10.0 Å². The Kier molecular flexibility index (Phi) is 8.73. The number of hydrogen-bond acceptors (Lipinski definition) is 13. The standard InChI is InChI=1S/C30H22N12O3S3/c43-27(30(46-28-23-25(33-14-31-23)35-16-37-28)47-29-24-26(34-15-32-24)36-17-38-29)39-18-10-12-22(13-11-18)48(44,45)42-21-8-6-20(7-9-21)41-40-19-4-2-1-3-5-19/h1-17,30,42H,(H,39,43)(H,31,33,35,37)(H,32,34,36,38). The van der Waals surface area contributed by atoms with E-state index in [1.54, 1.807) is 24.3 Å². The number of rotatable bonds is 11. The molecular formula is C30H22N12O3S3. The van der Waals surface area contributed by atoms with Crippen molar-refractivity contribution in [2.24, 2.45) is 10.2 Å². The molecule has 15 nitrogen and oxygen atoms in total. The van der Waals surface area contributed by atoms with Crippen LogP contribution in [0.25, 0.3) is 22.3 Å². The number of carbonyl (C=O) groups is 1. The molecule has 4 aromatic heterocycles. The number of anilines is 2. The van der Waals surface area contributed by atoms with Crippen LogP contribution in [0.3, 0.4) is 0 Å². The summed E-state index contributed by atoms with van der Waals surface area (Å²) in [5.41, 5.74) is 4.12. The molecule has 238 valence electrons. The number of H-pyrrole nitrogens is 2. The van der Waals surface area contributed by atoms with Gasteiger partial charge in [0.05, 0.1) is 28.9 Å². The van der Waals surface area contributed by atoms with Crippen LogP contribution in [0.1, 0.15) is 0 Å². The Morgan fingerprint density at radius 2 is 1.21 bits per heavy atom. The molecule has 0 aliphatic rings. The van der Waals surface area contributed by atoms with Crippen LogP contribution in [0.4, 0.5) is 22.7 Å². The first kappa shape index (κ1) is 30.9. The lowest BCUT2D eigenvalue weighted by molar-refractivity contribution is -0.114. The van der Waals surface area contributed by atoms with E-state index in [1.807, 2.05) is 30.3 Å². The molecule has 0 radical (unpaired) electrons. The number of thioether (sulfide) groups is 2. The lowest BCUT2D eigenvalue weighted by Crippen LogP contribution is -2.23. The van der Waals surface area contributed by atoms with Crippen LogP contribution < -0.4 is 10.0 Å². The summed E-state index contributed by atoms with van der Waals surface area (Å²) in [5, 5.41) is 12.2. The molecule has 0 aliphatic heterocycles.